The highest BCUT2D eigenvalue weighted by Crippen LogP contribution is 2.23. The molecule has 1 aromatic rings. The number of hydrogen-bond donors (Lipinski definition) is 3. The maximum absolute atomic E-state index is 10.9. The molecule has 2 heterocycles. The van der Waals surface area contributed by atoms with Crippen LogP contribution in [0.4, 0.5) is 17.5 Å². The highest BCUT2D eigenvalue weighted by molar-refractivity contribution is 5.57. The molecule has 1 fully saturated rings. The summed E-state index contributed by atoms with van der Waals surface area (Å²) in [5.74, 6) is 5.46. The first kappa shape index (κ1) is 12.5. The molecule has 0 aliphatic carbocycles. The molecule has 0 saturated carbocycles. The van der Waals surface area contributed by atoms with E-state index in [-0.39, 0.29) is 23.5 Å². The molecule has 4 N–H and O–H groups in total. The van der Waals surface area contributed by atoms with Crippen LogP contribution in [0.25, 0.3) is 0 Å². The molecule has 1 unspecified atom stereocenters. The molecule has 1 aliphatic heterocycles. The maximum atomic E-state index is 10.9. The molecule has 18 heavy (non-hydrogen) atoms. The summed E-state index contributed by atoms with van der Waals surface area (Å²) in [5, 5.41) is 13.9. The SMILES string of the molecule is NNc1ncc([N+](=O)[O-])c(NC2CCCOC2)n1. The molecule has 1 aliphatic rings. The summed E-state index contributed by atoms with van der Waals surface area (Å²) in [5.41, 5.74) is 2.07. The second-order valence-electron chi connectivity index (χ2n) is 3.89. The van der Waals surface area contributed by atoms with Crippen LogP contribution in [-0.2, 0) is 4.74 Å². The summed E-state index contributed by atoms with van der Waals surface area (Å²) in [7, 11) is 0. The average molecular weight is 254 g/mol. The lowest BCUT2D eigenvalue weighted by Gasteiger charge is -2.23. The number of rotatable bonds is 4. The molecular formula is C9H14N6O3. The Bertz CT molecular complexity index is 434. The topological polar surface area (TPSA) is 128 Å². The lowest BCUT2D eigenvalue weighted by Crippen LogP contribution is -2.30. The molecule has 0 spiro atoms. The van der Waals surface area contributed by atoms with E-state index in [1.165, 1.54) is 0 Å². The van der Waals surface area contributed by atoms with Crippen molar-refractivity contribution in [2.75, 3.05) is 24.0 Å². The zero-order valence-corrected chi connectivity index (χ0v) is 9.63. The highest BCUT2D eigenvalue weighted by Gasteiger charge is 2.21. The number of aromatic nitrogens is 2. The van der Waals surface area contributed by atoms with E-state index >= 15 is 0 Å². The molecule has 0 radical (unpaired) electrons. The molecule has 2 rings (SSSR count). The standard InChI is InChI=1S/C9H14N6O3/c10-14-9-11-4-7(15(16)17)8(13-9)12-6-2-1-3-18-5-6/h4,6H,1-3,5,10H2,(H2,11,12,13,14). The summed E-state index contributed by atoms with van der Waals surface area (Å²) < 4.78 is 5.30. The van der Waals surface area contributed by atoms with Crippen molar-refractivity contribution in [1.29, 1.82) is 0 Å². The molecule has 98 valence electrons. The third-order valence-corrected chi connectivity index (χ3v) is 2.60. The van der Waals surface area contributed by atoms with Crippen molar-refractivity contribution in [3.05, 3.63) is 16.3 Å². The largest absolute Gasteiger partial charge is 0.379 e. The number of hydrogen-bond acceptors (Lipinski definition) is 8. The van der Waals surface area contributed by atoms with Crippen LogP contribution in [0.15, 0.2) is 6.20 Å². The number of nitro groups is 1. The minimum atomic E-state index is -0.535. The number of nitrogen functional groups attached to an aromatic ring is 1. The summed E-state index contributed by atoms with van der Waals surface area (Å²) in [6, 6.07) is 0.0120. The number of anilines is 2. The third-order valence-electron chi connectivity index (χ3n) is 2.60. The van der Waals surface area contributed by atoms with Gasteiger partial charge in [0, 0.05) is 6.61 Å². The summed E-state index contributed by atoms with van der Waals surface area (Å²) >= 11 is 0. The van der Waals surface area contributed by atoms with Crippen molar-refractivity contribution in [3.8, 4) is 0 Å². The van der Waals surface area contributed by atoms with Gasteiger partial charge in [-0.2, -0.15) is 4.98 Å². The first-order chi connectivity index (χ1) is 8.70. The Morgan fingerprint density at radius 2 is 2.44 bits per heavy atom. The molecule has 0 bridgehead atoms. The molecule has 1 aromatic heterocycles. The van der Waals surface area contributed by atoms with E-state index in [1.54, 1.807) is 0 Å². The van der Waals surface area contributed by atoms with Crippen LogP contribution in [-0.4, -0.2) is 34.1 Å². The van der Waals surface area contributed by atoms with Crippen LogP contribution in [0, 0.1) is 10.1 Å². The summed E-state index contributed by atoms with van der Waals surface area (Å²) in [6.07, 6.45) is 2.92. The number of nitrogens with two attached hydrogens (primary N) is 1. The van der Waals surface area contributed by atoms with Gasteiger partial charge in [0.05, 0.1) is 17.6 Å². The number of nitrogens with zero attached hydrogens (tertiary/aromatic N) is 3. The van der Waals surface area contributed by atoms with E-state index in [4.69, 9.17) is 10.6 Å². The predicted molar refractivity (Wildman–Crippen MR) is 64.0 cm³/mol. The van der Waals surface area contributed by atoms with Gasteiger partial charge in [0.15, 0.2) is 0 Å². The van der Waals surface area contributed by atoms with Gasteiger partial charge in [-0.1, -0.05) is 0 Å². The van der Waals surface area contributed by atoms with Crippen LogP contribution >= 0.6 is 0 Å². The second-order valence-corrected chi connectivity index (χ2v) is 3.89. The van der Waals surface area contributed by atoms with Crippen LogP contribution in [0.1, 0.15) is 12.8 Å². The zero-order valence-electron chi connectivity index (χ0n) is 9.63. The molecule has 9 nitrogen and oxygen atoms in total. The van der Waals surface area contributed by atoms with E-state index in [2.05, 4.69) is 20.7 Å². The Morgan fingerprint density at radius 1 is 1.61 bits per heavy atom. The highest BCUT2D eigenvalue weighted by atomic mass is 16.6. The smallest absolute Gasteiger partial charge is 0.329 e. The molecule has 0 aromatic carbocycles. The fraction of sp³-hybridized carbons (Fsp3) is 0.556. The third kappa shape index (κ3) is 2.81. The predicted octanol–water partition coefficient (Wildman–Crippen LogP) is 0.261. The van der Waals surface area contributed by atoms with E-state index in [9.17, 15) is 10.1 Å². The average Bonchev–Trinajstić information content (AvgIpc) is 2.39. The van der Waals surface area contributed by atoms with Gasteiger partial charge in [0.1, 0.15) is 6.20 Å². The fourth-order valence-electron chi connectivity index (χ4n) is 1.73. The first-order valence-electron chi connectivity index (χ1n) is 5.53. The Labute approximate surface area is 103 Å². The Balaban J connectivity index is 2.19. The van der Waals surface area contributed by atoms with E-state index in [0.29, 0.717) is 6.61 Å². The van der Waals surface area contributed by atoms with Crippen LogP contribution < -0.4 is 16.6 Å². The van der Waals surface area contributed by atoms with Crippen molar-refractivity contribution < 1.29 is 9.66 Å². The Kier molecular flexibility index (Phi) is 3.85. The van der Waals surface area contributed by atoms with Gasteiger partial charge in [-0.25, -0.2) is 10.8 Å². The second kappa shape index (κ2) is 5.56. The molecular weight excluding hydrogens is 240 g/mol. The Morgan fingerprint density at radius 3 is 3.06 bits per heavy atom. The van der Waals surface area contributed by atoms with Crippen molar-refractivity contribution in [3.63, 3.8) is 0 Å². The van der Waals surface area contributed by atoms with Crippen molar-refractivity contribution in [1.82, 2.24) is 9.97 Å². The number of ether oxygens (including phenoxy) is 1. The van der Waals surface area contributed by atoms with Crippen molar-refractivity contribution in [2.45, 2.75) is 18.9 Å². The first-order valence-corrected chi connectivity index (χ1v) is 5.53. The minimum absolute atomic E-state index is 0.0120. The van der Waals surface area contributed by atoms with Crippen LogP contribution in [0.2, 0.25) is 0 Å². The van der Waals surface area contributed by atoms with Crippen molar-refractivity contribution in [2.24, 2.45) is 5.84 Å². The maximum Gasteiger partial charge on any atom is 0.329 e. The fourth-order valence-corrected chi connectivity index (χ4v) is 1.73. The van der Waals surface area contributed by atoms with Gasteiger partial charge >= 0.3 is 5.69 Å². The number of hydrazine groups is 1. The van der Waals surface area contributed by atoms with Gasteiger partial charge in [0.2, 0.25) is 11.8 Å². The van der Waals surface area contributed by atoms with E-state index in [0.717, 1.165) is 25.6 Å². The summed E-state index contributed by atoms with van der Waals surface area (Å²) in [4.78, 5) is 18.0. The van der Waals surface area contributed by atoms with E-state index < -0.39 is 4.92 Å². The van der Waals surface area contributed by atoms with E-state index in [1.807, 2.05) is 0 Å². The molecule has 1 saturated heterocycles. The molecule has 9 heteroatoms. The van der Waals surface area contributed by atoms with Gasteiger partial charge in [-0.05, 0) is 12.8 Å². The van der Waals surface area contributed by atoms with Crippen molar-refractivity contribution >= 4 is 17.5 Å². The van der Waals surface area contributed by atoms with Gasteiger partial charge in [-0.15, -0.1) is 0 Å². The zero-order chi connectivity index (χ0) is 13.0. The van der Waals surface area contributed by atoms with Crippen LogP contribution in [0.5, 0.6) is 0 Å². The monoisotopic (exact) mass is 254 g/mol. The van der Waals surface area contributed by atoms with Gasteiger partial charge in [0.25, 0.3) is 0 Å². The lowest BCUT2D eigenvalue weighted by atomic mass is 10.1. The normalized spacial score (nSPS) is 19.3. The van der Waals surface area contributed by atoms with Crippen LogP contribution in [0.3, 0.4) is 0 Å². The van der Waals surface area contributed by atoms with Gasteiger partial charge in [-0.3, -0.25) is 15.5 Å². The Hall–Kier alpha value is -2.00. The van der Waals surface area contributed by atoms with Gasteiger partial charge < -0.3 is 10.1 Å². The molecule has 0 amide bonds. The minimum Gasteiger partial charge on any atom is -0.379 e. The molecule has 1 atom stereocenters. The summed E-state index contributed by atoms with van der Waals surface area (Å²) in [6.45, 7) is 1.23. The quantitative estimate of drug-likeness (QED) is 0.396. The lowest BCUT2D eigenvalue weighted by molar-refractivity contribution is -0.384. The number of nitrogens with one attached hydrogen (secondary N) is 2.